The second-order valence-corrected chi connectivity index (χ2v) is 9.77. The van der Waals surface area contributed by atoms with Crippen LogP contribution < -0.4 is 4.74 Å². The fourth-order valence-corrected chi connectivity index (χ4v) is 4.98. The van der Waals surface area contributed by atoms with Crippen molar-refractivity contribution in [3.05, 3.63) is 90.0 Å². The van der Waals surface area contributed by atoms with E-state index in [1.165, 1.54) is 38.8 Å². The van der Waals surface area contributed by atoms with E-state index >= 15 is 0 Å². The molecule has 0 N–H and O–H groups in total. The average molecular weight is 497 g/mol. The van der Waals surface area contributed by atoms with Gasteiger partial charge in [0.2, 0.25) is 0 Å². The number of para-hydroxylation sites is 1. The number of hydrogen-bond donors (Lipinski definition) is 0. The van der Waals surface area contributed by atoms with Gasteiger partial charge in [0.05, 0.1) is 17.9 Å². The molecule has 194 valence electrons. The van der Waals surface area contributed by atoms with Crippen LogP contribution in [0.25, 0.3) is 22.2 Å². The number of aromatic nitrogens is 1. The van der Waals surface area contributed by atoms with E-state index < -0.39 is 0 Å². The van der Waals surface area contributed by atoms with E-state index in [1.54, 1.807) is 0 Å². The van der Waals surface area contributed by atoms with E-state index in [2.05, 4.69) is 41.5 Å². The number of nitrogens with zero attached hydrogens (tertiary/aromatic N) is 2. The number of fused-ring (bicyclic) bond motifs is 1. The van der Waals surface area contributed by atoms with Gasteiger partial charge in [0.25, 0.3) is 0 Å². The summed E-state index contributed by atoms with van der Waals surface area (Å²) in [5.74, 6) is 0.844. The summed E-state index contributed by atoms with van der Waals surface area (Å²) in [6, 6.07) is 25.9. The van der Waals surface area contributed by atoms with Crippen molar-refractivity contribution < 1.29 is 9.53 Å². The molecule has 0 saturated heterocycles. The third-order valence-corrected chi connectivity index (χ3v) is 7.04. The molecule has 1 heterocycles. The molecule has 0 amide bonds. The first-order chi connectivity index (χ1) is 18.1. The topological polar surface area (TPSA) is 34.5 Å². The minimum absolute atomic E-state index is 0.0321. The fourth-order valence-electron chi connectivity index (χ4n) is 4.98. The van der Waals surface area contributed by atoms with Crippen LogP contribution >= 0.6 is 0 Å². The SMILES string of the molecule is CCCCN(CCCC)CCCOc1ccc(C(=O)c2c(-c3ccccc3)n(C)c3ccccc23)cc1. The summed E-state index contributed by atoms with van der Waals surface area (Å²) in [6.07, 6.45) is 5.97. The number of rotatable bonds is 14. The molecule has 4 rings (SSSR count). The quantitative estimate of drug-likeness (QED) is 0.132. The van der Waals surface area contributed by atoms with E-state index in [0.717, 1.165) is 46.4 Å². The van der Waals surface area contributed by atoms with Gasteiger partial charge < -0.3 is 14.2 Å². The highest BCUT2D eigenvalue weighted by Gasteiger charge is 2.23. The molecule has 0 fully saturated rings. The predicted octanol–water partition coefficient (Wildman–Crippen LogP) is 7.75. The van der Waals surface area contributed by atoms with Crippen molar-refractivity contribution in [3.63, 3.8) is 0 Å². The zero-order chi connectivity index (χ0) is 26.0. The van der Waals surface area contributed by atoms with E-state index in [0.29, 0.717) is 12.2 Å². The van der Waals surface area contributed by atoms with E-state index in [-0.39, 0.29) is 5.78 Å². The van der Waals surface area contributed by atoms with Crippen LogP contribution in [0.15, 0.2) is 78.9 Å². The first-order valence-corrected chi connectivity index (χ1v) is 13.8. The van der Waals surface area contributed by atoms with Crippen molar-refractivity contribution in [2.75, 3.05) is 26.2 Å². The summed E-state index contributed by atoms with van der Waals surface area (Å²) >= 11 is 0. The molecule has 0 saturated carbocycles. The summed E-state index contributed by atoms with van der Waals surface area (Å²) in [5.41, 5.74) is 4.46. The fraction of sp³-hybridized carbons (Fsp3) is 0.364. The molecule has 0 spiro atoms. The van der Waals surface area contributed by atoms with E-state index in [1.807, 2.05) is 67.7 Å². The minimum atomic E-state index is 0.0321. The summed E-state index contributed by atoms with van der Waals surface area (Å²) in [7, 11) is 2.03. The smallest absolute Gasteiger partial charge is 0.195 e. The lowest BCUT2D eigenvalue weighted by molar-refractivity contribution is 0.104. The molecule has 0 bridgehead atoms. The first kappa shape index (κ1) is 26.7. The molecular formula is C33H40N2O2. The average Bonchev–Trinajstić information content (AvgIpc) is 3.24. The molecular weight excluding hydrogens is 456 g/mol. The lowest BCUT2D eigenvalue weighted by Crippen LogP contribution is -2.28. The molecule has 0 aliphatic carbocycles. The van der Waals surface area contributed by atoms with Crippen LogP contribution in [0.5, 0.6) is 5.75 Å². The standard InChI is InChI=1S/C33H40N2O2/c1-4-6-22-35(23-7-5-2)24-13-25-37-28-20-18-27(19-21-28)33(36)31-29-16-11-12-17-30(29)34(3)32(31)26-14-9-8-10-15-26/h8-12,14-21H,4-7,13,22-25H2,1-3H3. The van der Waals surface area contributed by atoms with Crippen molar-refractivity contribution in [1.29, 1.82) is 0 Å². The normalized spacial score (nSPS) is 11.4. The second-order valence-electron chi connectivity index (χ2n) is 9.77. The summed E-state index contributed by atoms with van der Waals surface area (Å²) in [4.78, 5) is 16.4. The monoisotopic (exact) mass is 496 g/mol. The number of hydrogen-bond acceptors (Lipinski definition) is 3. The van der Waals surface area contributed by atoms with Crippen LogP contribution in [-0.4, -0.2) is 41.5 Å². The third-order valence-electron chi connectivity index (χ3n) is 7.04. The molecule has 4 nitrogen and oxygen atoms in total. The van der Waals surface area contributed by atoms with Crippen molar-refractivity contribution >= 4 is 16.7 Å². The van der Waals surface area contributed by atoms with Gasteiger partial charge in [0.15, 0.2) is 5.78 Å². The number of carbonyl (C=O) groups excluding carboxylic acids is 1. The second kappa shape index (κ2) is 13.3. The summed E-state index contributed by atoms with van der Waals surface area (Å²) in [5, 5.41) is 0.977. The third kappa shape index (κ3) is 6.50. The van der Waals surface area contributed by atoms with Gasteiger partial charge in [-0.25, -0.2) is 0 Å². The van der Waals surface area contributed by atoms with Gasteiger partial charge in [0.1, 0.15) is 5.75 Å². The summed E-state index contributed by atoms with van der Waals surface area (Å²) < 4.78 is 8.16. The van der Waals surface area contributed by atoms with Crippen LogP contribution in [0.4, 0.5) is 0 Å². The Hall–Kier alpha value is -3.37. The molecule has 1 aromatic heterocycles. The van der Waals surface area contributed by atoms with Gasteiger partial charge in [-0.1, -0.05) is 75.2 Å². The first-order valence-electron chi connectivity index (χ1n) is 13.8. The van der Waals surface area contributed by atoms with E-state index in [4.69, 9.17) is 4.74 Å². The predicted molar refractivity (Wildman–Crippen MR) is 155 cm³/mol. The minimum Gasteiger partial charge on any atom is -0.494 e. The molecule has 0 unspecified atom stereocenters. The van der Waals surface area contributed by atoms with Crippen LogP contribution in [0.2, 0.25) is 0 Å². The molecule has 0 aliphatic rings. The van der Waals surface area contributed by atoms with Gasteiger partial charge in [-0.2, -0.15) is 0 Å². The van der Waals surface area contributed by atoms with Crippen molar-refractivity contribution in [3.8, 4) is 17.0 Å². The highest BCUT2D eigenvalue weighted by molar-refractivity contribution is 6.20. The van der Waals surface area contributed by atoms with Gasteiger partial charge in [-0.15, -0.1) is 0 Å². The van der Waals surface area contributed by atoms with Crippen LogP contribution in [0.3, 0.4) is 0 Å². The maximum atomic E-state index is 13.8. The largest absolute Gasteiger partial charge is 0.494 e. The molecule has 4 heteroatoms. The van der Waals surface area contributed by atoms with Crippen molar-refractivity contribution in [2.24, 2.45) is 7.05 Å². The molecule has 0 radical (unpaired) electrons. The molecule has 3 aromatic carbocycles. The van der Waals surface area contributed by atoms with Gasteiger partial charge in [0, 0.05) is 30.1 Å². The Labute approximate surface area is 221 Å². The Morgan fingerprint density at radius 2 is 1.41 bits per heavy atom. The number of ketones is 1. The molecule has 0 aliphatic heterocycles. The Balaban J connectivity index is 1.46. The van der Waals surface area contributed by atoms with Gasteiger partial charge in [-0.05, 0) is 68.2 Å². The highest BCUT2D eigenvalue weighted by atomic mass is 16.5. The molecule has 37 heavy (non-hydrogen) atoms. The Morgan fingerprint density at radius 1 is 0.784 bits per heavy atom. The van der Waals surface area contributed by atoms with Crippen molar-refractivity contribution in [1.82, 2.24) is 9.47 Å². The molecule has 0 atom stereocenters. The number of benzene rings is 3. The molecule has 4 aromatic rings. The Kier molecular flexibility index (Phi) is 9.56. The number of unbranched alkanes of at least 4 members (excludes halogenated alkanes) is 2. The lowest BCUT2D eigenvalue weighted by atomic mass is 9.97. The van der Waals surface area contributed by atoms with Gasteiger partial charge in [-0.3, -0.25) is 4.79 Å². The maximum Gasteiger partial charge on any atom is 0.195 e. The maximum absolute atomic E-state index is 13.8. The number of aryl methyl sites for hydroxylation is 1. The highest BCUT2D eigenvalue weighted by Crippen LogP contribution is 2.34. The van der Waals surface area contributed by atoms with E-state index in [9.17, 15) is 4.79 Å². The number of ether oxygens (including phenoxy) is 1. The van der Waals surface area contributed by atoms with Gasteiger partial charge >= 0.3 is 0 Å². The van der Waals surface area contributed by atoms with Crippen LogP contribution in [-0.2, 0) is 7.05 Å². The zero-order valence-corrected chi connectivity index (χ0v) is 22.6. The Bertz CT molecular complexity index is 1270. The Morgan fingerprint density at radius 3 is 2.08 bits per heavy atom. The van der Waals surface area contributed by atoms with Crippen molar-refractivity contribution in [2.45, 2.75) is 46.0 Å². The number of carbonyl (C=O) groups is 1. The summed E-state index contributed by atoms with van der Waals surface area (Å²) in [6.45, 7) is 8.60. The van der Waals surface area contributed by atoms with Crippen LogP contribution in [0, 0.1) is 0 Å². The zero-order valence-electron chi connectivity index (χ0n) is 22.6. The van der Waals surface area contributed by atoms with Crippen LogP contribution in [0.1, 0.15) is 61.9 Å². The lowest BCUT2D eigenvalue weighted by Gasteiger charge is -2.21.